The van der Waals surface area contributed by atoms with E-state index in [-0.39, 0.29) is 45.1 Å². The molecule has 0 aliphatic rings. The number of anilines is 1. The topological polar surface area (TPSA) is 134 Å². The van der Waals surface area contributed by atoms with Gasteiger partial charge in [-0.1, -0.05) is 11.6 Å². The summed E-state index contributed by atoms with van der Waals surface area (Å²) in [4.78, 5) is 18.8. The van der Waals surface area contributed by atoms with Crippen molar-refractivity contribution < 1.29 is 21.9 Å². The lowest BCUT2D eigenvalue weighted by atomic mass is 10.0. The number of ether oxygens (including phenoxy) is 1. The molecule has 10 nitrogen and oxygen atoms in total. The molecule has 0 fully saturated rings. The number of aryl methyl sites for hydroxylation is 1. The van der Waals surface area contributed by atoms with Crippen LogP contribution < -0.4 is 20.8 Å². The number of rotatable bonds is 7. The molecule has 0 bridgehead atoms. The predicted molar refractivity (Wildman–Crippen MR) is 149 cm³/mol. The molecule has 5 aromatic rings. The Kier molecular flexibility index (Phi) is 6.98. The van der Waals surface area contributed by atoms with Crippen molar-refractivity contribution >= 4 is 49.2 Å². The Hall–Kier alpha value is -4.07. The zero-order valence-corrected chi connectivity index (χ0v) is 23.0. The van der Waals surface area contributed by atoms with Crippen LogP contribution in [0, 0.1) is 11.6 Å². The number of nitrogens with one attached hydrogen (secondary N) is 1. The highest BCUT2D eigenvalue weighted by Crippen LogP contribution is 2.35. The van der Waals surface area contributed by atoms with E-state index in [9.17, 15) is 22.0 Å². The number of fused-ring (bicyclic) bond motifs is 2. The average Bonchev–Trinajstić information content (AvgIpc) is 3.18. The van der Waals surface area contributed by atoms with E-state index in [4.69, 9.17) is 22.1 Å². The normalized spacial score (nSPS) is 12.7. The second-order valence-electron chi connectivity index (χ2n) is 9.22. The molecule has 0 saturated heterocycles. The summed E-state index contributed by atoms with van der Waals surface area (Å²) in [5, 5.41) is 4.92. The Bertz CT molecular complexity index is 1960. The maximum Gasteiger partial charge on any atom is 0.266 e. The molecular weight excluding hydrogens is 566 g/mol. The lowest BCUT2D eigenvalue weighted by molar-refractivity contribution is 0.415. The first-order chi connectivity index (χ1) is 18.9. The monoisotopic (exact) mass is 588 g/mol. The van der Waals surface area contributed by atoms with E-state index in [2.05, 4.69) is 14.8 Å². The third-order valence-electron chi connectivity index (χ3n) is 6.25. The summed E-state index contributed by atoms with van der Waals surface area (Å²) in [5.74, 6) is -1.05. The third kappa shape index (κ3) is 5.10. The number of aromatic nitrogens is 4. The molecule has 5 rings (SSSR count). The number of sulfonamides is 1. The number of halogens is 3. The highest BCUT2D eigenvalue weighted by atomic mass is 35.5. The number of hydrogen-bond donors (Lipinski definition) is 2. The van der Waals surface area contributed by atoms with Crippen LogP contribution in [0.3, 0.4) is 0 Å². The molecule has 1 unspecified atom stereocenters. The van der Waals surface area contributed by atoms with Gasteiger partial charge in [0.05, 0.1) is 51.9 Å². The van der Waals surface area contributed by atoms with Gasteiger partial charge in [0.2, 0.25) is 10.0 Å². The Morgan fingerprint density at radius 1 is 1.12 bits per heavy atom. The van der Waals surface area contributed by atoms with Crippen molar-refractivity contribution in [2.75, 3.05) is 18.1 Å². The Balaban J connectivity index is 1.81. The molecule has 0 radical (unpaired) electrons. The fourth-order valence-electron chi connectivity index (χ4n) is 4.65. The summed E-state index contributed by atoms with van der Waals surface area (Å²) in [5.41, 5.74) is 7.20. The molecular formula is C26H23ClF2N6O4S. The van der Waals surface area contributed by atoms with Crippen LogP contribution in [0.5, 0.6) is 5.75 Å². The molecule has 0 aliphatic carbocycles. The summed E-state index contributed by atoms with van der Waals surface area (Å²) in [6.45, 7) is 0. The van der Waals surface area contributed by atoms with Crippen LogP contribution in [0.1, 0.15) is 17.4 Å². The van der Waals surface area contributed by atoms with Crippen molar-refractivity contribution in [2.45, 2.75) is 12.5 Å². The van der Waals surface area contributed by atoms with Crippen LogP contribution in [-0.2, 0) is 23.5 Å². The van der Waals surface area contributed by atoms with Gasteiger partial charge >= 0.3 is 0 Å². The summed E-state index contributed by atoms with van der Waals surface area (Å²) < 4.78 is 62.1. The van der Waals surface area contributed by atoms with Crippen molar-refractivity contribution in [3.8, 4) is 11.4 Å². The molecule has 0 saturated carbocycles. The van der Waals surface area contributed by atoms with Gasteiger partial charge in [-0.05, 0) is 54.4 Å². The molecule has 2 aromatic heterocycles. The molecule has 3 aromatic carbocycles. The van der Waals surface area contributed by atoms with Crippen LogP contribution >= 0.6 is 11.6 Å². The van der Waals surface area contributed by atoms with Crippen molar-refractivity contribution in [1.29, 1.82) is 0 Å². The number of nitrogens with two attached hydrogens (primary N) is 1. The molecule has 2 heterocycles. The first-order valence-electron chi connectivity index (χ1n) is 11.8. The first-order valence-corrected chi connectivity index (χ1v) is 14.1. The van der Waals surface area contributed by atoms with Gasteiger partial charge < -0.3 is 10.5 Å². The van der Waals surface area contributed by atoms with E-state index in [1.165, 1.54) is 28.5 Å². The highest BCUT2D eigenvalue weighted by Gasteiger charge is 2.25. The SMILES string of the molecule is COc1ccc2nc(C(N)Cc3cc(F)cc(F)c3)n(-c3ccc(Cl)c4c(NS(C)(=O)=O)nn(C)c34)c(=O)c2c1. The van der Waals surface area contributed by atoms with E-state index in [0.717, 1.165) is 24.5 Å². The fourth-order valence-corrected chi connectivity index (χ4v) is 5.39. The lowest BCUT2D eigenvalue weighted by Gasteiger charge is -2.20. The minimum atomic E-state index is -3.72. The van der Waals surface area contributed by atoms with Crippen LogP contribution in [0.25, 0.3) is 27.5 Å². The Morgan fingerprint density at radius 3 is 2.48 bits per heavy atom. The van der Waals surface area contributed by atoms with E-state index in [0.29, 0.717) is 16.8 Å². The molecule has 3 N–H and O–H groups in total. The second kappa shape index (κ2) is 10.2. The highest BCUT2D eigenvalue weighted by molar-refractivity contribution is 7.92. The Labute approximate surface area is 232 Å². The van der Waals surface area contributed by atoms with Gasteiger partial charge in [-0.2, -0.15) is 5.10 Å². The maximum atomic E-state index is 14.1. The first kappa shape index (κ1) is 27.5. The molecule has 0 spiro atoms. The largest absolute Gasteiger partial charge is 0.497 e. The molecule has 14 heteroatoms. The zero-order valence-electron chi connectivity index (χ0n) is 21.4. The van der Waals surface area contributed by atoms with Gasteiger partial charge in [0.25, 0.3) is 5.56 Å². The van der Waals surface area contributed by atoms with E-state index in [1.54, 1.807) is 25.2 Å². The van der Waals surface area contributed by atoms with Crippen molar-refractivity contribution in [3.63, 3.8) is 0 Å². The van der Waals surface area contributed by atoms with E-state index >= 15 is 0 Å². The lowest BCUT2D eigenvalue weighted by Crippen LogP contribution is -2.30. The summed E-state index contributed by atoms with van der Waals surface area (Å²) in [6.07, 6.45) is 0.925. The minimum absolute atomic E-state index is 0.0311. The quantitative estimate of drug-likeness (QED) is 0.295. The smallest absolute Gasteiger partial charge is 0.266 e. The van der Waals surface area contributed by atoms with Crippen molar-refractivity contribution in [2.24, 2.45) is 12.8 Å². The van der Waals surface area contributed by atoms with Crippen molar-refractivity contribution in [3.05, 3.63) is 86.9 Å². The van der Waals surface area contributed by atoms with Crippen LogP contribution in [0.2, 0.25) is 5.02 Å². The van der Waals surface area contributed by atoms with Gasteiger partial charge in [0.1, 0.15) is 23.2 Å². The van der Waals surface area contributed by atoms with Gasteiger partial charge in [-0.25, -0.2) is 22.2 Å². The van der Waals surface area contributed by atoms with Gasteiger partial charge in [-0.15, -0.1) is 0 Å². The molecule has 1 atom stereocenters. The average molecular weight is 589 g/mol. The number of benzene rings is 3. The van der Waals surface area contributed by atoms with Gasteiger partial charge in [0, 0.05) is 13.1 Å². The molecule has 0 amide bonds. The zero-order chi connectivity index (χ0) is 28.9. The number of hydrogen-bond acceptors (Lipinski definition) is 7. The van der Waals surface area contributed by atoms with Crippen LogP contribution in [-0.4, -0.2) is 41.1 Å². The van der Waals surface area contributed by atoms with Gasteiger partial charge in [-0.3, -0.25) is 18.8 Å². The standard InChI is InChI=1S/C26H23ClF2N6O4S/c1-34-23-21(7-5-18(27)22(23)24(32-34)33-40(3,37)38)35-25(19(30)10-13-8-14(28)11-15(29)9-13)31-20-6-4-16(39-2)12-17(20)26(35)36/h4-9,11-12,19H,10,30H2,1-3H3,(H,32,33). The van der Waals surface area contributed by atoms with Gasteiger partial charge in [0.15, 0.2) is 5.82 Å². The fraction of sp³-hybridized carbons (Fsp3) is 0.192. The molecule has 40 heavy (non-hydrogen) atoms. The maximum absolute atomic E-state index is 14.1. The van der Waals surface area contributed by atoms with Crippen LogP contribution in [0.4, 0.5) is 14.6 Å². The molecule has 0 aliphatic heterocycles. The number of methoxy groups -OCH3 is 1. The number of nitrogens with zero attached hydrogens (tertiary/aromatic N) is 4. The predicted octanol–water partition coefficient (Wildman–Crippen LogP) is 3.83. The minimum Gasteiger partial charge on any atom is -0.497 e. The second-order valence-corrected chi connectivity index (χ2v) is 11.4. The summed E-state index contributed by atoms with van der Waals surface area (Å²) >= 11 is 6.47. The molecule has 208 valence electrons. The Morgan fingerprint density at radius 2 is 1.82 bits per heavy atom. The van der Waals surface area contributed by atoms with E-state index in [1.807, 2.05) is 0 Å². The van der Waals surface area contributed by atoms with Crippen LogP contribution in [0.15, 0.2) is 53.3 Å². The van der Waals surface area contributed by atoms with E-state index < -0.39 is 33.3 Å². The third-order valence-corrected chi connectivity index (χ3v) is 7.13. The summed E-state index contributed by atoms with van der Waals surface area (Å²) in [7, 11) is -0.693. The summed E-state index contributed by atoms with van der Waals surface area (Å²) in [6, 6.07) is 9.90. The van der Waals surface area contributed by atoms with Crippen molar-refractivity contribution in [1.82, 2.24) is 19.3 Å².